The summed E-state index contributed by atoms with van der Waals surface area (Å²) in [6, 6.07) is 8.75. The van der Waals surface area contributed by atoms with Gasteiger partial charge in [0, 0.05) is 11.3 Å². The quantitative estimate of drug-likeness (QED) is 0.893. The number of carbonyl (C=O) groups is 1. The number of hydrogen-bond donors (Lipinski definition) is 1. The Morgan fingerprint density at radius 2 is 2.10 bits per heavy atom. The summed E-state index contributed by atoms with van der Waals surface area (Å²) in [6.07, 6.45) is 0. The summed E-state index contributed by atoms with van der Waals surface area (Å²) in [7, 11) is 0. The van der Waals surface area contributed by atoms with Gasteiger partial charge < -0.3 is 5.32 Å². The Bertz CT molecular complexity index is 781. The molecule has 0 fully saturated rings. The fourth-order valence-corrected chi connectivity index (χ4v) is 2.52. The molecule has 0 saturated carbocycles. The molecule has 1 atom stereocenters. The Morgan fingerprint density at radius 3 is 2.71 bits per heavy atom. The van der Waals surface area contributed by atoms with Crippen LogP contribution in [-0.4, -0.2) is 26.0 Å². The van der Waals surface area contributed by atoms with Crippen LogP contribution in [0, 0.1) is 11.3 Å². The van der Waals surface area contributed by atoms with Gasteiger partial charge in [-0.2, -0.15) is 9.94 Å². The molecule has 21 heavy (non-hydrogen) atoms. The third-order valence-electron chi connectivity index (χ3n) is 3.45. The number of Topliss-reactive ketones (excluding diaryl/α,β-unsaturated/α-hetero) is 1. The predicted molar refractivity (Wildman–Crippen MR) is 74.1 cm³/mol. The first-order valence-corrected chi connectivity index (χ1v) is 6.38. The van der Waals surface area contributed by atoms with Gasteiger partial charge in [-0.05, 0) is 42.0 Å². The molecule has 104 valence electrons. The van der Waals surface area contributed by atoms with Crippen molar-refractivity contribution in [2.24, 2.45) is 0 Å². The maximum atomic E-state index is 12.0. The monoisotopic (exact) mass is 280 g/mol. The van der Waals surface area contributed by atoms with E-state index in [9.17, 15) is 4.79 Å². The van der Waals surface area contributed by atoms with Crippen molar-refractivity contribution in [3.05, 3.63) is 46.7 Å². The molecule has 0 bridgehead atoms. The van der Waals surface area contributed by atoms with Gasteiger partial charge in [0.15, 0.2) is 5.78 Å². The molecule has 0 radical (unpaired) electrons. The van der Waals surface area contributed by atoms with Crippen molar-refractivity contribution in [3.8, 4) is 6.07 Å². The average Bonchev–Trinajstić information content (AvgIpc) is 2.93. The molecule has 0 amide bonds. The smallest absolute Gasteiger partial charge is 0.248 e. The lowest BCUT2D eigenvalue weighted by Gasteiger charge is -2.27. The molecule has 7 nitrogen and oxygen atoms in total. The number of nitrogens with zero attached hydrogens (tertiary/aromatic N) is 5. The molecule has 0 aliphatic carbocycles. The topological polar surface area (TPSA) is 96.5 Å². The largest absolute Gasteiger partial charge is 0.327 e. The second-order valence-corrected chi connectivity index (χ2v) is 4.80. The van der Waals surface area contributed by atoms with Gasteiger partial charge in [0.1, 0.15) is 6.04 Å². The molecule has 7 heteroatoms. The predicted octanol–water partition coefficient (Wildman–Crippen LogP) is 1.42. The number of fused-ring (bicyclic) bond motifs is 1. The van der Waals surface area contributed by atoms with E-state index in [0.717, 1.165) is 11.3 Å². The number of nitrogens with one attached hydrogen (secondary N) is 1. The number of tetrazole rings is 1. The third-order valence-corrected chi connectivity index (χ3v) is 3.45. The zero-order valence-electron chi connectivity index (χ0n) is 11.5. The summed E-state index contributed by atoms with van der Waals surface area (Å²) in [4.78, 5) is 12.0. The molecule has 1 aliphatic heterocycles. The van der Waals surface area contributed by atoms with Crippen molar-refractivity contribution in [2.75, 3.05) is 5.32 Å². The van der Waals surface area contributed by atoms with E-state index in [-0.39, 0.29) is 11.8 Å². The van der Waals surface area contributed by atoms with Crippen LogP contribution in [0.2, 0.25) is 0 Å². The van der Waals surface area contributed by atoms with Gasteiger partial charge in [-0.15, -0.1) is 0 Å². The van der Waals surface area contributed by atoms with E-state index in [2.05, 4.69) is 26.9 Å². The first-order chi connectivity index (χ1) is 10.1. The van der Waals surface area contributed by atoms with Crippen LogP contribution in [0.15, 0.2) is 35.5 Å². The highest BCUT2D eigenvalue weighted by atomic mass is 16.1. The molecule has 1 aromatic carbocycles. The molecule has 1 aromatic heterocycles. The summed E-state index contributed by atoms with van der Waals surface area (Å²) >= 11 is 0. The van der Waals surface area contributed by atoms with E-state index in [1.807, 2.05) is 19.1 Å². The zero-order chi connectivity index (χ0) is 15.0. The zero-order valence-corrected chi connectivity index (χ0v) is 11.5. The number of ketones is 1. The van der Waals surface area contributed by atoms with Crippen molar-refractivity contribution in [2.45, 2.75) is 19.9 Å². The van der Waals surface area contributed by atoms with Gasteiger partial charge >= 0.3 is 0 Å². The van der Waals surface area contributed by atoms with Gasteiger partial charge in [0.25, 0.3) is 0 Å². The summed E-state index contributed by atoms with van der Waals surface area (Å²) in [5.41, 5.74) is 2.77. The molecule has 0 saturated heterocycles. The van der Waals surface area contributed by atoms with Crippen LogP contribution in [0.1, 0.15) is 31.0 Å². The first kappa shape index (κ1) is 13.0. The van der Waals surface area contributed by atoms with Gasteiger partial charge in [0.2, 0.25) is 5.95 Å². The number of anilines is 1. The van der Waals surface area contributed by atoms with Crippen molar-refractivity contribution < 1.29 is 4.79 Å². The molecule has 0 spiro atoms. The van der Waals surface area contributed by atoms with Crippen LogP contribution in [0.5, 0.6) is 0 Å². The number of carbonyl (C=O) groups excluding carboxylic acids is 1. The second kappa shape index (κ2) is 4.83. The van der Waals surface area contributed by atoms with Crippen molar-refractivity contribution >= 4 is 11.7 Å². The molecule has 2 heterocycles. The minimum absolute atomic E-state index is 0.0458. The first-order valence-electron chi connectivity index (χ1n) is 6.38. The SMILES string of the molecule is CC(=O)C1=C(C)Nc2nnnn2C1c1ccc(C#N)cc1. The fourth-order valence-electron chi connectivity index (χ4n) is 2.52. The van der Waals surface area contributed by atoms with E-state index in [4.69, 9.17) is 5.26 Å². The number of hydrogen-bond acceptors (Lipinski definition) is 6. The molecule has 1 unspecified atom stereocenters. The summed E-state index contributed by atoms with van der Waals surface area (Å²) in [5.74, 6) is 0.447. The molecule has 3 rings (SSSR count). The lowest BCUT2D eigenvalue weighted by molar-refractivity contribution is -0.114. The van der Waals surface area contributed by atoms with Crippen LogP contribution in [0.3, 0.4) is 0 Å². The number of nitriles is 1. The highest BCUT2D eigenvalue weighted by Gasteiger charge is 2.32. The van der Waals surface area contributed by atoms with Gasteiger partial charge in [0.05, 0.1) is 11.6 Å². The van der Waals surface area contributed by atoms with Crippen LogP contribution < -0.4 is 5.32 Å². The Kier molecular flexibility index (Phi) is 2.99. The van der Waals surface area contributed by atoms with Gasteiger partial charge in [-0.1, -0.05) is 17.2 Å². The van der Waals surface area contributed by atoms with Crippen molar-refractivity contribution in [1.29, 1.82) is 5.26 Å². The highest BCUT2D eigenvalue weighted by molar-refractivity contribution is 5.96. The van der Waals surface area contributed by atoms with Crippen LogP contribution in [0.25, 0.3) is 0 Å². The summed E-state index contributed by atoms with van der Waals surface area (Å²) in [5, 5.41) is 23.4. The fraction of sp³-hybridized carbons (Fsp3) is 0.214. The lowest BCUT2D eigenvalue weighted by Crippen LogP contribution is -2.27. The lowest BCUT2D eigenvalue weighted by atomic mass is 9.93. The van der Waals surface area contributed by atoms with Gasteiger partial charge in [-0.25, -0.2) is 0 Å². The van der Waals surface area contributed by atoms with Crippen LogP contribution >= 0.6 is 0 Å². The minimum Gasteiger partial charge on any atom is -0.327 e. The Labute approximate surface area is 120 Å². The molecular formula is C14H12N6O. The summed E-state index contributed by atoms with van der Waals surface area (Å²) in [6.45, 7) is 3.35. The number of aromatic nitrogens is 4. The number of rotatable bonds is 2. The summed E-state index contributed by atoms with van der Waals surface area (Å²) < 4.78 is 1.57. The maximum Gasteiger partial charge on any atom is 0.248 e. The average molecular weight is 280 g/mol. The van der Waals surface area contributed by atoms with Crippen molar-refractivity contribution in [3.63, 3.8) is 0 Å². The number of benzene rings is 1. The van der Waals surface area contributed by atoms with Crippen LogP contribution in [0.4, 0.5) is 5.95 Å². The van der Waals surface area contributed by atoms with E-state index in [0.29, 0.717) is 17.1 Å². The molecular weight excluding hydrogens is 268 g/mol. The van der Waals surface area contributed by atoms with E-state index >= 15 is 0 Å². The normalized spacial score (nSPS) is 16.9. The molecule has 2 aromatic rings. The number of allylic oxidation sites excluding steroid dienone is 2. The third kappa shape index (κ3) is 2.07. The van der Waals surface area contributed by atoms with E-state index in [1.165, 1.54) is 6.92 Å². The van der Waals surface area contributed by atoms with E-state index < -0.39 is 0 Å². The minimum atomic E-state index is -0.388. The molecule has 1 N–H and O–H groups in total. The van der Waals surface area contributed by atoms with Crippen LogP contribution in [-0.2, 0) is 4.79 Å². The highest BCUT2D eigenvalue weighted by Crippen LogP contribution is 2.34. The Balaban J connectivity index is 2.17. The Hall–Kier alpha value is -3.01. The standard InChI is InChI=1S/C14H12N6O/c1-8-12(9(2)21)13(20-14(16-8)17-18-19-20)11-5-3-10(7-15)4-6-11/h3-6,13H,1-2H3,(H,16,17,19). The molecule has 1 aliphatic rings. The van der Waals surface area contributed by atoms with Gasteiger partial charge in [-0.3, -0.25) is 4.79 Å². The van der Waals surface area contributed by atoms with Crippen molar-refractivity contribution in [1.82, 2.24) is 20.2 Å². The van der Waals surface area contributed by atoms with E-state index in [1.54, 1.807) is 16.8 Å². The maximum absolute atomic E-state index is 12.0. The second-order valence-electron chi connectivity index (χ2n) is 4.80. The Morgan fingerprint density at radius 1 is 1.38 bits per heavy atom.